The fourth-order valence-corrected chi connectivity index (χ4v) is 2.42. The molecule has 1 amide bonds. The largest absolute Gasteiger partial charge is 0.312 e. The van der Waals surface area contributed by atoms with Crippen LogP contribution in [0.1, 0.15) is 12.5 Å². The number of rotatable bonds is 2. The Hall–Kier alpha value is -2.00. The SMILES string of the molecule is CCN1C(=O)Cc2cc(N=C(NC#N)SC)ccc21. The number of likely N-dealkylation sites (N-methyl/N-ethyl adjacent to an activating group) is 1. The van der Waals surface area contributed by atoms with Crippen molar-refractivity contribution in [3.8, 4) is 6.19 Å². The molecule has 1 aromatic carbocycles. The van der Waals surface area contributed by atoms with Crippen molar-refractivity contribution in [3.63, 3.8) is 0 Å². The molecule has 0 fully saturated rings. The summed E-state index contributed by atoms with van der Waals surface area (Å²) >= 11 is 1.37. The van der Waals surface area contributed by atoms with E-state index in [0.717, 1.165) is 16.9 Å². The molecule has 0 aromatic heterocycles. The first-order valence-electron chi connectivity index (χ1n) is 5.90. The number of fused-ring (bicyclic) bond motifs is 1. The molecule has 0 unspecified atom stereocenters. The molecule has 19 heavy (non-hydrogen) atoms. The summed E-state index contributed by atoms with van der Waals surface area (Å²) in [6, 6.07) is 5.67. The Kier molecular flexibility index (Phi) is 4.07. The minimum atomic E-state index is 0.124. The molecule has 98 valence electrons. The number of anilines is 1. The molecule has 5 nitrogen and oxygen atoms in total. The molecule has 0 bridgehead atoms. The van der Waals surface area contributed by atoms with Gasteiger partial charge in [-0.2, -0.15) is 5.26 Å². The second-order valence-corrected chi connectivity index (χ2v) is 4.78. The Morgan fingerprint density at radius 2 is 2.42 bits per heavy atom. The summed E-state index contributed by atoms with van der Waals surface area (Å²) in [7, 11) is 0. The number of hydrogen-bond donors (Lipinski definition) is 1. The highest BCUT2D eigenvalue weighted by Gasteiger charge is 2.25. The van der Waals surface area contributed by atoms with Crippen molar-refractivity contribution in [2.45, 2.75) is 13.3 Å². The second-order valence-electron chi connectivity index (χ2n) is 3.99. The lowest BCUT2D eigenvalue weighted by molar-refractivity contribution is -0.117. The van der Waals surface area contributed by atoms with Crippen LogP contribution >= 0.6 is 11.8 Å². The molecule has 1 heterocycles. The van der Waals surface area contributed by atoms with E-state index in [0.29, 0.717) is 18.1 Å². The molecule has 1 aromatic rings. The van der Waals surface area contributed by atoms with Gasteiger partial charge in [-0.05, 0) is 36.9 Å². The fourth-order valence-electron chi connectivity index (χ4n) is 2.08. The molecule has 1 aliphatic heterocycles. The molecule has 2 rings (SSSR count). The Labute approximate surface area is 116 Å². The zero-order valence-corrected chi connectivity index (χ0v) is 11.6. The van der Waals surface area contributed by atoms with Gasteiger partial charge in [-0.25, -0.2) is 4.99 Å². The van der Waals surface area contributed by atoms with Crippen LogP contribution in [0.3, 0.4) is 0 Å². The van der Waals surface area contributed by atoms with E-state index >= 15 is 0 Å². The third-order valence-electron chi connectivity index (χ3n) is 2.90. The molecule has 0 spiro atoms. The van der Waals surface area contributed by atoms with Crippen molar-refractivity contribution in [3.05, 3.63) is 23.8 Å². The van der Waals surface area contributed by atoms with Gasteiger partial charge in [0.2, 0.25) is 5.91 Å². The third kappa shape index (κ3) is 2.71. The summed E-state index contributed by atoms with van der Waals surface area (Å²) in [5.74, 6) is 0.124. The van der Waals surface area contributed by atoms with Crippen molar-refractivity contribution in [2.24, 2.45) is 4.99 Å². The van der Waals surface area contributed by atoms with Gasteiger partial charge in [0.25, 0.3) is 0 Å². The van der Waals surface area contributed by atoms with Crippen molar-refractivity contribution >= 4 is 34.2 Å². The van der Waals surface area contributed by atoms with Gasteiger partial charge in [0.05, 0.1) is 12.1 Å². The number of thioether (sulfide) groups is 1. The van der Waals surface area contributed by atoms with Gasteiger partial charge in [-0.3, -0.25) is 10.1 Å². The van der Waals surface area contributed by atoms with Gasteiger partial charge in [0.15, 0.2) is 11.4 Å². The van der Waals surface area contributed by atoms with E-state index in [2.05, 4.69) is 10.3 Å². The van der Waals surface area contributed by atoms with Crippen LogP contribution in [0, 0.1) is 11.5 Å². The van der Waals surface area contributed by atoms with Crippen LogP contribution in [-0.4, -0.2) is 23.9 Å². The van der Waals surface area contributed by atoms with E-state index < -0.39 is 0 Å². The quantitative estimate of drug-likeness (QED) is 0.388. The Morgan fingerprint density at radius 1 is 1.63 bits per heavy atom. The highest BCUT2D eigenvalue weighted by molar-refractivity contribution is 8.13. The maximum absolute atomic E-state index is 11.8. The minimum absolute atomic E-state index is 0.124. The molecule has 6 heteroatoms. The van der Waals surface area contributed by atoms with Gasteiger partial charge in [-0.1, -0.05) is 11.8 Å². The summed E-state index contributed by atoms with van der Waals surface area (Å²) in [6.07, 6.45) is 4.12. The van der Waals surface area contributed by atoms with E-state index in [9.17, 15) is 4.79 Å². The maximum Gasteiger partial charge on any atom is 0.231 e. The number of nitrogens with one attached hydrogen (secondary N) is 1. The standard InChI is InChI=1S/C13H14N4OS/c1-3-17-11-5-4-10(6-9(11)7-12(17)18)16-13(19-2)15-8-14/h4-6H,3,7H2,1-2H3,(H,15,16). The van der Waals surface area contributed by atoms with Crippen molar-refractivity contribution in [1.29, 1.82) is 5.26 Å². The predicted octanol–water partition coefficient (Wildman–Crippen LogP) is 2.02. The van der Waals surface area contributed by atoms with Crippen molar-refractivity contribution < 1.29 is 4.79 Å². The normalized spacial score (nSPS) is 14.3. The third-order valence-corrected chi connectivity index (χ3v) is 3.48. The van der Waals surface area contributed by atoms with E-state index in [4.69, 9.17) is 5.26 Å². The highest BCUT2D eigenvalue weighted by Crippen LogP contribution is 2.32. The van der Waals surface area contributed by atoms with Crippen molar-refractivity contribution in [1.82, 2.24) is 5.32 Å². The average Bonchev–Trinajstić information content (AvgIpc) is 2.72. The number of nitriles is 1. The fraction of sp³-hybridized carbons (Fsp3) is 0.308. The number of nitrogens with zero attached hydrogens (tertiary/aromatic N) is 3. The molecule has 1 N–H and O–H groups in total. The second kappa shape index (κ2) is 5.76. The Bertz CT molecular complexity index is 576. The van der Waals surface area contributed by atoms with Crippen LogP contribution in [0.5, 0.6) is 0 Å². The first-order valence-corrected chi connectivity index (χ1v) is 7.13. The van der Waals surface area contributed by atoms with Gasteiger partial charge < -0.3 is 4.90 Å². The molecule has 0 radical (unpaired) electrons. The molecule has 0 saturated carbocycles. The summed E-state index contributed by atoms with van der Waals surface area (Å²) in [5.41, 5.74) is 2.70. The summed E-state index contributed by atoms with van der Waals surface area (Å²) in [6.45, 7) is 2.64. The van der Waals surface area contributed by atoms with E-state index in [1.54, 1.807) is 4.90 Å². The molecule has 0 saturated heterocycles. The lowest BCUT2D eigenvalue weighted by Gasteiger charge is -2.14. The van der Waals surface area contributed by atoms with Gasteiger partial charge in [0, 0.05) is 12.2 Å². The summed E-state index contributed by atoms with van der Waals surface area (Å²) in [4.78, 5) is 17.9. The predicted molar refractivity (Wildman–Crippen MR) is 77.5 cm³/mol. The minimum Gasteiger partial charge on any atom is -0.312 e. The van der Waals surface area contributed by atoms with Gasteiger partial charge in [-0.15, -0.1) is 0 Å². The molecule has 0 aliphatic carbocycles. The molecule has 1 aliphatic rings. The zero-order valence-electron chi connectivity index (χ0n) is 10.8. The van der Waals surface area contributed by atoms with Gasteiger partial charge in [0.1, 0.15) is 0 Å². The van der Waals surface area contributed by atoms with Crippen LogP contribution in [0.4, 0.5) is 11.4 Å². The lowest BCUT2D eigenvalue weighted by Crippen LogP contribution is -2.25. The smallest absolute Gasteiger partial charge is 0.231 e. The highest BCUT2D eigenvalue weighted by atomic mass is 32.2. The van der Waals surface area contributed by atoms with Gasteiger partial charge >= 0.3 is 0 Å². The van der Waals surface area contributed by atoms with Crippen molar-refractivity contribution in [2.75, 3.05) is 17.7 Å². The van der Waals surface area contributed by atoms with Crippen LogP contribution in [0.2, 0.25) is 0 Å². The number of amides is 1. The number of hydrogen-bond acceptors (Lipinski definition) is 4. The van der Waals surface area contributed by atoms with Crippen LogP contribution in [-0.2, 0) is 11.2 Å². The number of carbonyl (C=O) groups excluding carboxylic acids is 1. The molecular weight excluding hydrogens is 260 g/mol. The van der Waals surface area contributed by atoms with Crippen LogP contribution in [0.15, 0.2) is 23.2 Å². The zero-order chi connectivity index (χ0) is 13.8. The molecular formula is C13H14N4OS. The number of carbonyl (C=O) groups is 1. The molecule has 0 atom stereocenters. The van der Waals surface area contributed by atoms with E-state index in [1.807, 2.05) is 37.6 Å². The first kappa shape index (κ1) is 13.4. The Balaban J connectivity index is 2.31. The first-order chi connectivity index (χ1) is 9.19. The summed E-state index contributed by atoms with van der Waals surface area (Å²) < 4.78 is 0. The number of aliphatic imine (C=N–C) groups is 1. The van der Waals surface area contributed by atoms with E-state index in [1.165, 1.54) is 11.8 Å². The summed E-state index contributed by atoms with van der Waals surface area (Å²) in [5, 5.41) is 11.7. The number of benzene rings is 1. The lowest BCUT2D eigenvalue weighted by atomic mass is 10.1. The average molecular weight is 274 g/mol. The Morgan fingerprint density at radius 3 is 3.05 bits per heavy atom. The van der Waals surface area contributed by atoms with Crippen LogP contribution in [0.25, 0.3) is 0 Å². The maximum atomic E-state index is 11.8. The number of amidine groups is 1. The van der Waals surface area contributed by atoms with E-state index in [-0.39, 0.29) is 5.91 Å². The van der Waals surface area contributed by atoms with Crippen LogP contribution < -0.4 is 10.2 Å². The topological polar surface area (TPSA) is 68.5 Å². The monoisotopic (exact) mass is 274 g/mol.